The van der Waals surface area contributed by atoms with Crippen LogP contribution in [0, 0.1) is 0 Å². The van der Waals surface area contributed by atoms with Crippen molar-refractivity contribution >= 4 is 29.1 Å². The molecule has 0 saturated heterocycles. The average Bonchev–Trinajstić information content (AvgIpc) is 2.39. The molecule has 0 N–H and O–H groups in total. The molecule has 0 aromatic carbocycles. The fourth-order valence-corrected chi connectivity index (χ4v) is 2.09. The third kappa shape index (κ3) is 3.43. The van der Waals surface area contributed by atoms with Crippen molar-refractivity contribution in [2.45, 2.75) is 5.75 Å². The van der Waals surface area contributed by atoms with Gasteiger partial charge in [0.15, 0.2) is 0 Å². The van der Waals surface area contributed by atoms with Gasteiger partial charge in [0.1, 0.15) is 0 Å². The molecule has 60 valence electrons. The quantitative estimate of drug-likeness (QED) is 0.697. The predicted octanol–water partition coefficient (Wildman–Crippen LogP) is 0.731. The van der Waals surface area contributed by atoms with Gasteiger partial charge in [-0.05, 0) is 22.4 Å². The lowest BCUT2D eigenvalue weighted by molar-refractivity contribution is -0.301. The van der Waals surface area contributed by atoms with Gasteiger partial charge in [-0.1, -0.05) is 0 Å². The standard InChI is InChI=1S/C7H8O2S2/c8-7(9)5-11-4-6-1-2-10-3-6/h1-3H,4-5H2,(H,8,9)/p-1. The van der Waals surface area contributed by atoms with Crippen LogP contribution in [0.25, 0.3) is 0 Å². The summed E-state index contributed by atoms with van der Waals surface area (Å²) in [5.41, 5.74) is 1.18. The van der Waals surface area contributed by atoms with E-state index in [2.05, 4.69) is 0 Å². The molecule has 0 saturated carbocycles. The predicted molar refractivity (Wildman–Crippen MR) is 45.5 cm³/mol. The number of thioether (sulfide) groups is 1. The van der Waals surface area contributed by atoms with E-state index in [4.69, 9.17) is 0 Å². The van der Waals surface area contributed by atoms with Gasteiger partial charge in [0.25, 0.3) is 0 Å². The molecule has 0 amide bonds. The first-order valence-electron chi connectivity index (χ1n) is 3.07. The third-order valence-corrected chi connectivity index (χ3v) is 2.78. The van der Waals surface area contributed by atoms with Crippen LogP contribution < -0.4 is 5.11 Å². The zero-order chi connectivity index (χ0) is 8.10. The van der Waals surface area contributed by atoms with Crippen molar-refractivity contribution in [3.8, 4) is 0 Å². The molecule has 0 radical (unpaired) electrons. The second-order valence-electron chi connectivity index (χ2n) is 2.00. The van der Waals surface area contributed by atoms with Crippen LogP contribution in [0.5, 0.6) is 0 Å². The fraction of sp³-hybridized carbons (Fsp3) is 0.286. The fourth-order valence-electron chi connectivity index (χ4n) is 0.627. The summed E-state index contributed by atoms with van der Waals surface area (Å²) in [5.74, 6) is -0.155. The molecule has 0 spiro atoms. The molecule has 1 aromatic rings. The third-order valence-electron chi connectivity index (χ3n) is 1.07. The Hall–Kier alpha value is -0.480. The Morgan fingerprint density at radius 2 is 2.55 bits per heavy atom. The van der Waals surface area contributed by atoms with Gasteiger partial charge >= 0.3 is 0 Å². The van der Waals surface area contributed by atoms with Crippen molar-refractivity contribution < 1.29 is 9.90 Å². The van der Waals surface area contributed by atoms with Gasteiger partial charge in [-0.3, -0.25) is 0 Å². The van der Waals surface area contributed by atoms with Crippen LogP contribution in [0.3, 0.4) is 0 Å². The van der Waals surface area contributed by atoms with E-state index in [9.17, 15) is 9.90 Å². The first kappa shape index (κ1) is 8.62. The summed E-state index contributed by atoms with van der Waals surface area (Å²) in [6.45, 7) is 0. The lowest BCUT2D eigenvalue weighted by Crippen LogP contribution is -2.24. The SMILES string of the molecule is O=C([O-])CSCc1ccsc1. The maximum atomic E-state index is 10.00. The highest BCUT2D eigenvalue weighted by Crippen LogP contribution is 2.13. The van der Waals surface area contributed by atoms with E-state index in [1.165, 1.54) is 17.3 Å². The van der Waals surface area contributed by atoms with Gasteiger partial charge < -0.3 is 9.90 Å². The van der Waals surface area contributed by atoms with Crippen molar-refractivity contribution in [1.82, 2.24) is 0 Å². The van der Waals surface area contributed by atoms with E-state index in [1.54, 1.807) is 11.3 Å². The van der Waals surface area contributed by atoms with Gasteiger partial charge in [0.2, 0.25) is 0 Å². The van der Waals surface area contributed by atoms with E-state index in [0.717, 1.165) is 5.75 Å². The number of hydrogen-bond acceptors (Lipinski definition) is 4. The Bertz CT molecular complexity index is 218. The monoisotopic (exact) mass is 187 g/mol. The highest BCUT2D eigenvalue weighted by Gasteiger charge is 1.92. The molecule has 1 heterocycles. The second kappa shape index (κ2) is 4.41. The topological polar surface area (TPSA) is 40.1 Å². The van der Waals surface area contributed by atoms with Gasteiger partial charge in [0.05, 0.1) is 5.97 Å². The molecule has 0 aliphatic heterocycles. The summed E-state index contributed by atoms with van der Waals surface area (Å²) in [4.78, 5) is 10.00. The van der Waals surface area contributed by atoms with Gasteiger partial charge in [-0.15, -0.1) is 0 Å². The summed E-state index contributed by atoms with van der Waals surface area (Å²) in [7, 11) is 0. The minimum Gasteiger partial charge on any atom is -0.549 e. The number of aliphatic carboxylic acids is 1. The van der Waals surface area contributed by atoms with E-state index >= 15 is 0 Å². The summed E-state index contributed by atoms with van der Waals surface area (Å²) in [6.07, 6.45) is 0. The van der Waals surface area contributed by atoms with Crippen molar-refractivity contribution in [1.29, 1.82) is 0 Å². The molecule has 1 aromatic heterocycles. The zero-order valence-electron chi connectivity index (χ0n) is 5.78. The molecule has 2 nitrogen and oxygen atoms in total. The van der Waals surface area contributed by atoms with Crippen LogP contribution in [0.2, 0.25) is 0 Å². The van der Waals surface area contributed by atoms with Gasteiger partial charge in [-0.25, -0.2) is 0 Å². The number of carboxylic acid groups (broad SMARTS) is 1. The van der Waals surface area contributed by atoms with Crippen LogP contribution in [-0.4, -0.2) is 11.7 Å². The second-order valence-corrected chi connectivity index (χ2v) is 3.76. The molecule has 0 unspecified atom stereocenters. The van der Waals surface area contributed by atoms with Gasteiger partial charge in [-0.2, -0.15) is 23.1 Å². The normalized spacial score (nSPS) is 9.82. The zero-order valence-corrected chi connectivity index (χ0v) is 7.41. The molecule has 4 heteroatoms. The minimum absolute atomic E-state index is 0.0792. The Labute approximate surface area is 73.2 Å². The Morgan fingerprint density at radius 3 is 3.09 bits per heavy atom. The molecule has 0 aliphatic rings. The maximum absolute atomic E-state index is 10.00. The number of carbonyl (C=O) groups is 1. The number of rotatable bonds is 4. The first-order valence-corrected chi connectivity index (χ1v) is 5.17. The summed E-state index contributed by atoms with van der Waals surface area (Å²) in [6, 6.07) is 1.99. The average molecular weight is 187 g/mol. The Morgan fingerprint density at radius 1 is 1.73 bits per heavy atom. The highest BCUT2D eigenvalue weighted by molar-refractivity contribution is 7.99. The van der Waals surface area contributed by atoms with Crippen LogP contribution in [0.1, 0.15) is 5.56 Å². The highest BCUT2D eigenvalue weighted by atomic mass is 32.2. The van der Waals surface area contributed by atoms with Crippen molar-refractivity contribution in [3.63, 3.8) is 0 Å². The largest absolute Gasteiger partial charge is 0.549 e. The lowest BCUT2D eigenvalue weighted by Gasteiger charge is -1.99. The molecule has 1 rings (SSSR count). The minimum atomic E-state index is -0.995. The van der Waals surface area contributed by atoms with Crippen LogP contribution in [-0.2, 0) is 10.5 Å². The first-order chi connectivity index (χ1) is 5.29. The van der Waals surface area contributed by atoms with Crippen molar-refractivity contribution in [3.05, 3.63) is 22.4 Å². The summed E-state index contributed by atoms with van der Waals surface area (Å²) >= 11 is 2.99. The lowest BCUT2D eigenvalue weighted by atomic mass is 10.4. The molecular weight excluding hydrogens is 180 g/mol. The molecule has 0 aliphatic carbocycles. The van der Waals surface area contributed by atoms with Crippen molar-refractivity contribution in [2.75, 3.05) is 5.75 Å². The number of hydrogen-bond donors (Lipinski definition) is 0. The van der Waals surface area contributed by atoms with Crippen molar-refractivity contribution in [2.24, 2.45) is 0 Å². The summed E-state index contributed by atoms with van der Waals surface area (Å²) in [5, 5.41) is 14.0. The molecule has 0 atom stereocenters. The number of carbonyl (C=O) groups excluding carboxylic acids is 1. The maximum Gasteiger partial charge on any atom is 0.0513 e. The number of carboxylic acids is 1. The van der Waals surface area contributed by atoms with Crippen LogP contribution in [0.15, 0.2) is 16.8 Å². The molecule has 0 bridgehead atoms. The summed E-state index contributed by atoms with van der Waals surface area (Å²) < 4.78 is 0. The smallest absolute Gasteiger partial charge is 0.0513 e. The van der Waals surface area contributed by atoms with Crippen LogP contribution >= 0.6 is 23.1 Å². The van der Waals surface area contributed by atoms with Crippen LogP contribution in [0.4, 0.5) is 0 Å². The van der Waals surface area contributed by atoms with E-state index < -0.39 is 5.97 Å². The van der Waals surface area contributed by atoms with Gasteiger partial charge in [0, 0.05) is 11.5 Å². The molecular formula is C7H7O2S2-. The van der Waals surface area contributed by atoms with E-state index in [-0.39, 0.29) is 5.75 Å². The Balaban J connectivity index is 2.19. The Kier molecular flexibility index (Phi) is 3.45. The van der Waals surface area contributed by atoms with E-state index in [1.807, 2.05) is 16.8 Å². The molecule has 11 heavy (non-hydrogen) atoms. The van der Waals surface area contributed by atoms with E-state index in [0.29, 0.717) is 0 Å². The number of thiophene rings is 1. The molecule has 0 fully saturated rings.